The SMILES string of the molecule is Cc1cc(N2CC(C(=O)N/N=C/c3ccc(Br)cc3)CC2=O)cc(C)c1S(N)(=O)=O. The second-order valence-corrected chi connectivity index (χ2v) is 9.56. The van der Waals surface area contributed by atoms with E-state index in [2.05, 4.69) is 26.5 Å². The molecule has 1 heterocycles. The summed E-state index contributed by atoms with van der Waals surface area (Å²) in [6, 6.07) is 10.6. The Bertz CT molecular complexity index is 1110. The number of carbonyl (C=O) groups is 2. The van der Waals surface area contributed by atoms with Crippen LogP contribution in [-0.2, 0) is 19.6 Å². The number of rotatable bonds is 5. The second kappa shape index (κ2) is 8.66. The van der Waals surface area contributed by atoms with Crippen molar-refractivity contribution < 1.29 is 18.0 Å². The van der Waals surface area contributed by atoms with Crippen molar-refractivity contribution in [1.29, 1.82) is 0 Å². The van der Waals surface area contributed by atoms with Crippen LogP contribution in [0.25, 0.3) is 0 Å². The zero-order valence-electron chi connectivity index (χ0n) is 16.4. The number of anilines is 1. The van der Waals surface area contributed by atoms with Gasteiger partial charge in [0.05, 0.1) is 17.0 Å². The minimum Gasteiger partial charge on any atom is -0.312 e. The third kappa shape index (κ3) is 4.94. The van der Waals surface area contributed by atoms with E-state index in [1.165, 1.54) is 11.1 Å². The van der Waals surface area contributed by atoms with Crippen LogP contribution in [0.1, 0.15) is 23.1 Å². The molecule has 1 saturated heterocycles. The zero-order chi connectivity index (χ0) is 22.1. The van der Waals surface area contributed by atoms with Gasteiger partial charge < -0.3 is 4.90 Å². The molecule has 10 heteroatoms. The lowest BCUT2D eigenvalue weighted by Gasteiger charge is -2.19. The van der Waals surface area contributed by atoms with Crippen molar-refractivity contribution in [2.75, 3.05) is 11.4 Å². The largest absolute Gasteiger partial charge is 0.312 e. The highest BCUT2D eigenvalue weighted by atomic mass is 79.9. The van der Waals surface area contributed by atoms with Crippen LogP contribution in [0.3, 0.4) is 0 Å². The quantitative estimate of drug-likeness (QED) is 0.490. The summed E-state index contributed by atoms with van der Waals surface area (Å²) in [7, 11) is -3.86. The molecule has 158 valence electrons. The molecule has 2 aromatic carbocycles. The van der Waals surface area contributed by atoms with Crippen molar-refractivity contribution in [3.05, 3.63) is 57.6 Å². The lowest BCUT2D eigenvalue weighted by Crippen LogP contribution is -2.30. The molecular formula is C20H21BrN4O4S. The maximum atomic E-state index is 12.5. The predicted molar refractivity (Wildman–Crippen MR) is 118 cm³/mol. The third-order valence-electron chi connectivity index (χ3n) is 4.80. The first-order chi connectivity index (χ1) is 14.1. The Morgan fingerprint density at radius 1 is 1.23 bits per heavy atom. The highest BCUT2D eigenvalue weighted by Crippen LogP contribution is 2.30. The number of hydrogen-bond donors (Lipinski definition) is 2. The van der Waals surface area contributed by atoms with Gasteiger partial charge in [-0.2, -0.15) is 5.10 Å². The van der Waals surface area contributed by atoms with Crippen LogP contribution in [-0.4, -0.2) is 33.0 Å². The number of primary sulfonamides is 1. The molecule has 1 atom stereocenters. The Hall–Kier alpha value is -2.56. The standard InChI is InChI=1S/C20H21BrN4O4S/c1-12-7-17(8-13(2)19(12)30(22,28)29)25-11-15(9-18(25)26)20(27)24-23-10-14-3-5-16(21)6-4-14/h3-8,10,15H,9,11H2,1-2H3,(H,24,27)(H2,22,28,29)/b23-10+. The number of halogens is 1. The molecule has 30 heavy (non-hydrogen) atoms. The highest BCUT2D eigenvalue weighted by Gasteiger charge is 2.35. The van der Waals surface area contributed by atoms with E-state index in [0.717, 1.165) is 10.0 Å². The molecule has 1 unspecified atom stereocenters. The number of nitrogens with zero attached hydrogens (tertiary/aromatic N) is 2. The molecule has 1 aliphatic rings. The molecule has 2 aromatic rings. The van der Waals surface area contributed by atoms with E-state index in [4.69, 9.17) is 5.14 Å². The minimum absolute atomic E-state index is 0.0503. The van der Waals surface area contributed by atoms with Crippen LogP contribution in [0.4, 0.5) is 5.69 Å². The number of aryl methyl sites for hydroxylation is 2. The van der Waals surface area contributed by atoms with Gasteiger partial charge in [0.15, 0.2) is 0 Å². The molecule has 3 rings (SSSR count). The maximum absolute atomic E-state index is 12.5. The van der Waals surface area contributed by atoms with Gasteiger partial charge in [-0.1, -0.05) is 28.1 Å². The van der Waals surface area contributed by atoms with Gasteiger partial charge in [0.25, 0.3) is 0 Å². The van der Waals surface area contributed by atoms with Crippen LogP contribution >= 0.6 is 15.9 Å². The Morgan fingerprint density at radius 2 is 1.83 bits per heavy atom. The van der Waals surface area contributed by atoms with Gasteiger partial charge in [0, 0.05) is 23.1 Å². The first-order valence-electron chi connectivity index (χ1n) is 9.09. The van der Waals surface area contributed by atoms with E-state index in [0.29, 0.717) is 16.8 Å². The summed E-state index contributed by atoms with van der Waals surface area (Å²) in [5.41, 5.74) is 4.74. The van der Waals surface area contributed by atoms with Gasteiger partial charge >= 0.3 is 0 Å². The number of amides is 2. The molecule has 0 spiro atoms. The van der Waals surface area contributed by atoms with E-state index in [1.54, 1.807) is 26.0 Å². The van der Waals surface area contributed by atoms with E-state index < -0.39 is 15.9 Å². The average Bonchev–Trinajstić information content (AvgIpc) is 3.03. The fourth-order valence-corrected chi connectivity index (χ4v) is 4.76. The Labute approximate surface area is 183 Å². The summed E-state index contributed by atoms with van der Waals surface area (Å²) in [5, 5.41) is 9.23. The maximum Gasteiger partial charge on any atom is 0.245 e. The van der Waals surface area contributed by atoms with Crippen molar-refractivity contribution in [1.82, 2.24) is 5.43 Å². The summed E-state index contributed by atoms with van der Waals surface area (Å²) >= 11 is 3.35. The van der Waals surface area contributed by atoms with Gasteiger partial charge in [-0.3, -0.25) is 9.59 Å². The Balaban J connectivity index is 1.70. The molecule has 8 nitrogen and oxygen atoms in total. The number of benzene rings is 2. The summed E-state index contributed by atoms with van der Waals surface area (Å²) in [6.07, 6.45) is 1.58. The Kier molecular flexibility index (Phi) is 6.39. The summed E-state index contributed by atoms with van der Waals surface area (Å²) in [4.78, 5) is 26.4. The first-order valence-corrected chi connectivity index (χ1v) is 11.4. The summed E-state index contributed by atoms with van der Waals surface area (Å²) < 4.78 is 24.5. The number of nitrogens with one attached hydrogen (secondary N) is 1. The zero-order valence-corrected chi connectivity index (χ0v) is 18.8. The molecule has 0 aromatic heterocycles. The number of hydrazone groups is 1. The molecule has 0 radical (unpaired) electrons. The lowest BCUT2D eigenvalue weighted by atomic mass is 10.1. The van der Waals surface area contributed by atoms with Gasteiger partial charge in [0.2, 0.25) is 21.8 Å². The minimum atomic E-state index is -3.86. The van der Waals surface area contributed by atoms with E-state index in [1.807, 2.05) is 24.3 Å². The lowest BCUT2D eigenvalue weighted by molar-refractivity contribution is -0.126. The fourth-order valence-electron chi connectivity index (χ4n) is 3.48. The monoisotopic (exact) mass is 492 g/mol. The smallest absolute Gasteiger partial charge is 0.245 e. The van der Waals surface area contributed by atoms with Crippen molar-refractivity contribution >= 4 is 49.7 Å². The molecule has 0 bridgehead atoms. The molecule has 3 N–H and O–H groups in total. The van der Waals surface area contributed by atoms with Crippen LogP contribution in [0.5, 0.6) is 0 Å². The number of hydrogen-bond acceptors (Lipinski definition) is 5. The van der Waals surface area contributed by atoms with Gasteiger partial charge in [0.1, 0.15) is 0 Å². The summed E-state index contributed by atoms with van der Waals surface area (Å²) in [5.74, 6) is -1.12. The molecular weight excluding hydrogens is 472 g/mol. The van der Waals surface area contributed by atoms with Crippen molar-refractivity contribution in [3.63, 3.8) is 0 Å². The Morgan fingerprint density at radius 3 is 2.40 bits per heavy atom. The predicted octanol–water partition coefficient (Wildman–Crippen LogP) is 2.22. The molecule has 1 fully saturated rings. The van der Waals surface area contributed by atoms with Gasteiger partial charge in [-0.15, -0.1) is 0 Å². The topological polar surface area (TPSA) is 122 Å². The van der Waals surface area contributed by atoms with Gasteiger partial charge in [-0.05, 0) is 54.8 Å². The van der Waals surface area contributed by atoms with Crippen molar-refractivity contribution in [3.8, 4) is 0 Å². The van der Waals surface area contributed by atoms with Crippen LogP contribution in [0.15, 0.2) is 50.9 Å². The number of carbonyl (C=O) groups excluding carboxylic acids is 2. The highest BCUT2D eigenvalue weighted by molar-refractivity contribution is 9.10. The fraction of sp³-hybridized carbons (Fsp3) is 0.250. The van der Waals surface area contributed by atoms with Crippen molar-refractivity contribution in [2.24, 2.45) is 16.2 Å². The van der Waals surface area contributed by atoms with Crippen LogP contribution < -0.4 is 15.5 Å². The van der Waals surface area contributed by atoms with E-state index in [-0.39, 0.29) is 29.7 Å². The molecule has 1 aliphatic heterocycles. The number of sulfonamides is 1. The van der Waals surface area contributed by atoms with Crippen molar-refractivity contribution in [2.45, 2.75) is 25.2 Å². The number of nitrogens with two attached hydrogens (primary N) is 1. The second-order valence-electron chi connectivity index (χ2n) is 7.14. The molecule has 0 aliphatic carbocycles. The first kappa shape index (κ1) is 22.1. The van der Waals surface area contributed by atoms with Gasteiger partial charge in [-0.25, -0.2) is 19.0 Å². The third-order valence-corrected chi connectivity index (χ3v) is 6.54. The van der Waals surface area contributed by atoms with E-state index >= 15 is 0 Å². The van der Waals surface area contributed by atoms with Crippen LogP contribution in [0, 0.1) is 19.8 Å². The summed E-state index contributed by atoms with van der Waals surface area (Å²) in [6.45, 7) is 3.43. The molecule has 2 amide bonds. The molecule has 0 saturated carbocycles. The normalized spacial score (nSPS) is 17.0. The average molecular weight is 493 g/mol. The van der Waals surface area contributed by atoms with Crippen LogP contribution in [0.2, 0.25) is 0 Å². The van der Waals surface area contributed by atoms with E-state index in [9.17, 15) is 18.0 Å².